The maximum absolute atomic E-state index is 12.4. The maximum Gasteiger partial charge on any atom is 0.228 e. The molecule has 0 bridgehead atoms. The summed E-state index contributed by atoms with van der Waals surface area (Å²) in [6.45, 7) is 3.17. The molecule has 2 heterocycles. The molecule has 1 aromatic heterocycles. The first kappa shape index (κ1) is 17.7. The molecule has 1 aliphatic rings. The van der Waals surface area contributed by atoms with Crippen molar-refractivity contribution in [3.05, 3.63) is 33.6 Å². The molecule has 0 saturated carbocycles. The van der Waals surface area contributed by atoms with E-state index in [1.165, 1.54) is 11.3 Å². The van der Waals surface area contributed by atoms with Crippen LogP contribution < -0.4 is 4.90 Å². The summed E-state index contributed by atoms with van der Waals surface area (Å²) in [5.74, 6) is 0.0496. The number of rotatable bonds is 5. The average Bonchev–Trinajstić information content (AvgIpc) is 3.23. The fourth-order valence-corrected chi connectivity index (χ4v) is 4.04. The molecule has 0 N–H and O–H groups in total. The molecule has 0 spiro atoms. The van der Waals surface area contributed by atoms with Gasteiger partial charge in [-0.05, 0) is 31.0 Å². The number of carbonyl (C=O) groups excluding carboxylic acids is 1. The second-order valence-corrected chi connectivity index (χ2v) is 7.31. The van der Waals surface area contributed by atoms with Crippen molar-refractivity contribution in [2.75, 3.05) is 18.1 Å². The lowest BCUT2D eigenvalue weighted by Crippen LogP contribution is -2.37. The van der Waals surface area contributed by atoms with Gasteiger partial charge in [-0.1, -0.05) is 30.1 Å². The monoisotopic (exact) mass is 384 g/mol. The van der Waals surface area contributed by atoms with Crippen LogP contribution in [0.3, 0.4) is 0 Å². The van der Waals surface area contributed by atoms with Crippen molar-refractivity contribution < 1.29 is 9.53 Å². The summed E-state index contributed by atoms with van der Waals surface area (Å²) >= 11 is 13.6. The molecule has 1 aliphatic heterocycles. The summed E-state index contributed by atoms with van der Waals surface area (Å²) in [6.07, 6.45) is 2.55. The van der Waals surface area contributed by atoms with E-state index in [9.17, 15) is 4.79 Å². The molecule has 0 aliphatic carbocycles. The maximum atomic E-state index is 12.4. The molecule has 3 rings (SSSR count). The molecule has 1 aromatic carbocycles. The van der Waals surface area contributed by atoms with E-state index in [-0.39, 0.29) is 12.0 Å². The number of thiazole rings is 1. The number of benzene rings is 1. The first-order valence-electron chi connectivity index (χ1n) is 7.91. The van der Waals surface area contributed by atoms with E-state index in [2.05, 4.69) is 4.98 Å². The average molecular weight is 385 g/mol. The highest BCUT2D eigenvalue weighted by Gasteiger charge is 2.25. The Balaban J connectivity index is 1.86. The van der Waals surface area contributed by atoms with Gasteiger partial charge in [0.2, 0.25) is 5.91 Å². The Morgan fingerprint density at radius 3 is 2.96 bits per heavy atom. The van der Waals surface area contributed by atoms with Gasteiger partial charge in [-0.2, -0.15) is 0 Å². The number of nitrogens with zero attached hydrogens (tertiary/aromatic N) is 2. The number of amides is 1. The SMILES string of the molecule is CCC(=O)N(CC1CCCO1)c1nc(-c2ccc(Cl)cc2Cl)cs1. The molecule has 1 saturated heterocycles. The number of hydrogen-bond donors (Lipinski definition) is 0. The largest absolute Gasteiger partial charge is 0.376 e. The first-order valence-corrected chi connectivity index (χ1v) is 9.55. The smallest absolute Gasteiger partial charge is 0.228 e. The summed E-state index contributed by atoms with van der Waals surface area (Å²) in [7, 11) is 0. The molecule has 0 radical (unpaired) electrons. The van der Waals surface area contributed by atoms with E-state index in [1.807, 2.05) is 18.4 Å². The summed E-state index contributed by atoms with van der Waals surface area (Å²) in [6, 6.07) is 5.32. The molecule has 128 valence electrons. The minimum Gasteiger partial charge on any atom is -0.376 e. The molecule has 1 unspecified atom stereocenters. The number of aromatic nitrogens is 1. The molecule has 4 nitrogen and oxygen atoms in total. The molecule has 24 heavy (non-hydrogen) atoms. The van der Waals surface area contributed by atoms with Crippen molar-refractivity contribution in [3.8, 4) is 11.3 Å². The molecule has 1 amide bonds. The standard InChI is InChI=1S/C17H18Cl2N2O2S/c1-2-16(22)21(9-12-4-3-7-23-12)17-20-15(10-24-17)13-6-5-11(18)8-14(13)19/h5-6,8,10,12H,2-4,7,9H2,1H3. The Bertz CT molecular complexity index is 729. The first-order chi connectivity index (χ1) is 11.6. The van der Waals surface area contributed by atoms with Gasteiger partial charge in [0, 0.05) is 29.0 Å². The van der Waals surface area contributed by atoms with Gasteiger partial charge in [0.05, 0.1) is 23.4 Å². The number of ether oxygens (including phenoxy) is 1. The zero-order valence-electron chi connectivity index (χ0n) is 13.3. The summed E-state index contributed by atoms with van der Waals surface area (Å²) in [5.41, 5.74) is 1.56. The Labute approximate surface area is 155 Å². The van der Waals surface area contributed by atoms with Gasteiger partial charge in [0.1, 0.15) is 0 Å². The summed E-state index contributed by atoms with van der Waals surface area (Å²) < 4.78 is 5.67. The molecule has 1 atom stereocenters. The quantitative estimate of drug-likeness (QED) is 0.724. The highest BCUT2D eigenvalue weighted by molar-refractivity contribution is 7.14. The van der Waals surface area contributed by atoms with Gasteiger partial charge in [0.15, 0.2) is 5.13 Å². The van der Waals surface area contributed by atoms with Gasteiger partial charge < -0.3 is 4.74 Å². The van der Waals surface area contributed by atoms with Crippen LogP contribution in [0.4, 0.5) is 5.13 Å². The number of carbonyl (C=O) groups is 1. The van der Waals surface area contributed by atoms with Crippen molar-refractivity contribution in [2.45, 2.75) is 32.3 Å². The van der Waals surface area contributed by atoms with Crippen molar-refractivity contribution >= 4 is 45.6 Å². The van der Waals surface area contributed by atoms with Crippen LogP contribution in [0.1, 0.15) is 26.2 Å². The van der Waals surface area contributed by atoms with Gasteiger partial charge in [-0.25, -0.2) is 4.98 Å². The van der Waals surface area contributed by atoms with Crippen LogP contribution >= 0.6 is 34.5 Å². The fourth-order valence-electron chi connectivity index (χ4n) is 2.68. The van der Waals surface area contributed by atoms with Crippen molar-refractivity contribution in [1.29, 1.82) is 0 Å². The molecule has 1 fully saturated rings. The van der Waals surface area contributed by atoms with E-state index < -0.39 is 0 Å². The lowest BCUT2D eigenvalue weighted by atomic mass is 10.2. The number of hydrogen-bond acceptors (Lipinski definition) is 4. The van der Waals surface area contributed by atoms with E-state index in [1.54, 1.807) is 17.0 Å². The van der Waals surface area contributed by atoms with E-state index in [0.717, 1.165) is 30.7 Å². The summed E-state index contributed by atoms with van der Waals surface area (Å²) in [5, 5.41) is 3.72. The Morgan fingerprint density at radius 1 is 1.46 bits per heavy atom. The minimum absolute atomic E-state index is 0.0496. The number of anilines is 1. The third-order valence-corrected chi connectivity index (χ3v) is 5.36. The molecular formula is C17H18Cl2N2O2S. The van der Waals surface area contributed by atoms with E-state index in [4.69, 9.17) is 27.9 Å². The van der Waals surface area contributed by atoms with Crippen LogP contribution in [0.15, 0.2) is 23.6 Å². The normalized spacial score (nSPS) is 17.2. The molecule has 2 aromatic rings. The van der Waals surface area contributed by atoms with Gasteiger partial charge in [0.25, 0.3) is 0 Å². The van der Waals surface area contributed by atoms with Crippen LogP contribution in [-0.2, 0) is 9.53 Å². The second-order valence-electron chi connectivity index (χ2n) is 5.63. The third kappa shape index (κ3) is 3.91. The van der Waals surface area contributed by atoms with Crippen molar-refractivity contribution in [1.82, 2.24) is 4.98 Å². The van der Waals surface area contributed by atoms with Crippen molar-refractivity contribution in [3.63, 3.8) is 0 Å². The Hall–Kier alpha value is -1.14. The summed E-state index contributed by atoms with van der Waals surface area (Å²) in [4.78, 5) is 18.7. The van der Waals surface area contributed by atoms with Crippen LogP contribution in [0, 0.1) is 0 Å². The van der Waals surface area contributed by atoms with E-state index >= 15 is 0 Å². The Kier molecular flexibility index (Phi) is 5.76. The Morgan fingerprint density at radius 2 is 2.29 bits per heavy atom. The third-order valence-electron chi connectivity index (χ3n) is 3.94. The minimum atomic E-state index is 0.0496. The van der Waals surface area contributed by atoms with Crippen molar-refractivity contribution in [2.24, 2.45) is 0 Å². The van der Waals surface area contributed by atoms with Crippen LogP contribution in [0.2, 0.25) is 10.0 Å². The predicted octanol–water partition coefficient (Wildman–Crippen LogP) is 5.04. The zero-order valence-corrected chi connectivity index (χ0v) is 15.6. The lowest BCUT2D eigenvalue weighted by Gasteiger charge is -2.22. The zero-order chi connectivity index (χ0) is 17.1. The predicted molar refractivity (Wildman–Crippen MR) is 99.2 cm³/mol. The van der Waals surface area contributed by atoms with Crippen LogP contribution in [0.5, 0.6) is 0 Å². The second kappa shape index (κ2) is 7.83. The molecular weight excluding hydrogens is 367 g/mol. The highest BCUT2D eigenvalue weighted by atomic mass is 35.5. The van der Waals surface area contributed by atoms with Crippen LogP contribution in [-0.4, -0.2) is 30.1 Å². The van der Waals surface area contributed by atoms with Gasteiger partial charge >= 0.3 is 0 Å². The molecule has 7 heteroatoms. The van der Waals surface area contributed by atoms with Gasteiger partial charge in [-0.3, -0.25) is 9.69 Å². The van der Waals surface area contributed by atoms with E-state index in [0.29, 0.717) is 28.1 Å². The van der Waals surface area contributed by atoms with Gasteiger partial charge in [-0.15, -0.1) is 11.3 Å². The van der Waals surface area contributed by atoms with Crippen LogP contribution in [0.25, 0.3) is 11.3 Å². The topological polar surface area (TPSA) is 42.4 Å². The lowest BCUT2D eigenvalue weighted by molar-refractivity contribution is -0.118. The highest BCUT2D eigenvalue weighted by Crippen LogP contribution is 2.34. The number of halogens is 2. The fraction of sp³-hybridized carbons (Fsp3) is 0.412.